The van der Waals surface area contributed by atoms with E-state index in [-0.39, 0.29) is 6.54 Å². The fraction of sp³-hybridized carbons (Fsp3) is 0.286. The van der Waals surface area contributed by atoms with E-state index in [1.54, 1.807) is 6.07 Å². The Morgan fingerprint density at radius 2 is 1.90 bits per heavy atom. The second-order valence-electron chi connectivity index (χ2n) is 4.42. The smallest absolute Gasteiger partial charge is 0.250 e. The molecule has 1 aromatic carbocycles. The Balaban J connectivity index is 2.05. The molecular formula is C14H17BrN2O2S2. The molecule has 0 saturated heterocycles. The number of halogens is 1. The van der Waals surface area contributed by atoms with Gasteiger partial charge in [-0.25, -0.2) is 13.1 Å². The lowest BCUT2D eigenvalue weighted by Crippen LogP contribution is -2.22. The van der Waals surface area contributed by atoms with Crippen LogP contribution in [0.4, 0.5) is 0 Å². The van der Waals surface area contributed by atoms with Crippen LogP contribution in [-0.2, 0) is 23.1 Å². The zero-order valence-electron chi connectivity index (χ0n) is 11.6. The zero-order chi connectivity index (χ0) is 15.3. The van der Waals surface area contributed by atoms with Crippen molar-refractivity contribution in [3.05, 3.63) is 51.3 Å². The SMILES string of the molecule is CCNCc1ccc(S(=O)(=O)NCc2ccccc2Br)s1. The second kappa shape index (κ2) is 7.51. The van der Waals surface area contributed by atoms with Gasteiger partial charge in [0.15, 0.2) is 0 Å². The van der Waals surface area contributed by atoms with E-state index in [1.807, 2.05) is 37.3 Å². The Labute approximate surface area is 137 Å². The Bertz CT molecular complexity index is 699. The first kappa shape index (κ1) is 16.6. The van der Waals surface area contributed by atoms with Gasteiger partial charge in [-0.3, -0.25) is 0 Å². The lowest BCUT2D eigenvalue weighted by Gasteiger charge is -2.06. The van der Waals surface area contributed by atoms with Gasteiger partial charge in [0.2, 0.25) is 10.0 Å². The zero-order valence-corrected chi connectivity index (χ0v) is 14.8. The van der Waals surface area contributed by atoms with Gasteiger partial charge >= 0.3 is 0 Å². The fourth-order valence-corrected chi connectivity index (χ4v) is 4.53. The van der Waals surface area contributed by atoms with Gasteiger partial charge in [-0.1, -0.05) is 41.1 Å². The molecular weight excluding hydrogens is 372 g/mol. The molecule has 114 valence electrons. The molecule has 0 aliphatic rings. The van der Waals surface area contributed by atoms with Crippen molar-refractivity contribution >= 4 is 37.3 Å². The van der Waals surface area contributed by atoms with Crippen LogP contribution < -0.4 is 10.0 Å². The summed E-state index contributed by atoms with van der Waals surface area (Å²) in [4.78, 5) is 1.01. The lowest BCUT2D eigenvalue weighted by atomic mass is 10.2. The Morgan fingerprint density at radius 3 is 2.62 bits per heavy atom. The topological polar surface area (TPSA) is 58.2 Å². The maximum atomic E-state index is 12.3. The van der Waals surface area contributed by atoms with Gasteiger partial charge in [0, 0.05) is 22.4 Å². The molecule has 0 fully saturated rings. The number of rotatable bonds is 7. The molecule has 0 unspecified atom stereocenters. The van der Waals surface area contributed by atoms with Crippen molar-refractivity contribution in [1.82, 2.24) is 10.0 Å². The highest BCUT2D eigenvalue weighted by Gasteiger charge is 2.16. The Morgan fingerprint density at radius 1 is 1.14 bits per heavy atom. The van der Waals surface area contributed by atoms with Crippen LogP contribution in [0.25, 0.3) is 0 Å². The van der Waals surface area contributed by atoms with Crippen molar-refractivity contribution in [3.63, 3.8) is 0 Å². The van der Waals surface area contributed by atoms with E-state index in [2.05, 4.69) is 26.0 Å². The normalized spacial score (nSPS) is 11.7. The second-order valence-corrected chi connectivity index (χ2v) is 8.43. The van der Waals surface area contributed by atoms with Crippen LogP contribution in [0.2, 0.25) is 0 Å². The van der Waals surface area contributed by atoms with Gasteiger partial charge in [-0.2, -0.15) is 0 Å². The van der Waals surface area contributed by atoms with E-state index in [0.717, 1.165) is 21.5 Å². The number of hydrogen-bond donors (Lipinski definition) is 2. The molecule has 2 aromatic rings. The van der Waals surface area contributed by atoms with Gasteiger partial charge in [-0.15, -0.1) is 11.3 Å². The minimum absolute atomic E-state index is 0.268. The number of nitrogens with one attached hydrogen (secondary N) is 2. The van der Waals surface area contributed by atoms with E-state index < -0.39 is 10.0 Å². The third-order valence-electron chi connectivity index (χ3n) is 2.86. The summed E-state index contributed by atoms with van der Waals surface area (Å²) >= 11 is 4.71. The summed E-state index contributed by atoms with van der Waals surface area (Å²) in [6.45, 7) is 3.84. The van der Waals surface area contributed by atoms with Gasteiger partial charge < -0.3 is 5.32 Å². The van der Waals surface area contributed by atoms with Crippen LogP contribution in [-0.4, -0.2) is 15.0 Å². The predicted octanol–water partition coefficient (Wildman–Crippen LogP) is 3.10. The van der Waals surface area contributed by atoms with Crippen molar-refractivity contribution in [2.75, 3.05) is 6.54 Å². The molecule has 0 atom stereocenters. The monoisotopic (exact) mass is 388 g/mol. The van der Waals surface area contributed by atoms with Gasteiger partial charge in [0.1, 0.15) is 4.21 Å². The van der Waals surface area contributed by atoms with E-state index in [9.17, 15) is 8.42 Å². The van der Waals surface area contributed by atoms with Crippen molar-refractivity contribution in [2.45, 2.75) is 24.2 Å². The molecule has 0 amide bonds. The molecule has 1 aromatic heterocycles. The van der Waals surface area contributed by atoms with Crippen LogP contribution in [0.3, 0.4) is 0 Å². The molecule has 0 saturated carbocycles. The molecule has 0 aliphatic carbocycles. The summed E-state index contributed by atoms with van der Waals surface area (Å²) in [6.07, 6.45) is 0. The Kier molecular flexibility index (Phi) is 5.95. The standard InChI is InChI=1S/C14H17BrN2O2S2/c1-2-16-10-12-7-8-14(20-12)21(18,19)17-9-11-5-3-4-6-13(11)15/h3-8,16-17H,2,9-10H2,1H3. The molecule has 2 rings (SSSR count). The van der Waals surface area contributed by atoms with Crippen LogP contribution in [0, 0.1) is 0 Å². The third kappa shape index (κ3) is 4.62. The number of thiophene rings is 1. The highest BCUT2D eigenvalue weighted by molar-refractivity contribution is 9.10. The first-order chi connectivity index (χ1) is 10.0. The molecule has 7 heteroatoms. The molecule has 0 bridgehead atoms. The molecule has 0 spiro atoms. The summed E-state index contributed by atoms with van der Waals surface area (Å²) in [5.74, 6) is 0. The maximum absolute atomic E-state index is 12.3. The fourth-order valence-electron chi connectivity index (χ4n) is 1.73. The van der Waals surface area contributed by atoms with Crippen LogP contribution >= 0.6 is 27.3 Å². The molecule has 0 aliphatic heterocycles. The average molecular weight is 389 g/mol. The molecule has 2 N–H and O–H groups in total. The van der Waals surface area contributed by atoms with Gasteiger partial charge in [-0.05, 0) is 30.3 Å². The molecule has 21 heavy (non-hydrogen) atoms. The van der Waals surface area contributed by atoms with Crippen molar-refractivity contribution in [3.8, 4) is 0 Å². The molecule has 0 radical (unpaired) electrons. The van der Waals surface area contributed by atoms with E-state index in [4.69, 9.17) is 0 Å². The highest BCUT2D eigenvalue weighted by Crippen LogP contribution is 2.22. The highest BCUT2D eigenvalue weighted by atomic mass is 79.9. The maximum Gasteiger partial charge on any atom is 0.250 e. The van der Waals surface area contributed by atoms with Gasteiger partial charge in [0.25, 0.3) is 0 Å². The predicted molar refractivity (Wildman–Crippen MR) is 89.9 cm³/mol. The number of sulfonamides is 1. The molecule has 1 heterocycles. The summed E-state index contributed by atoms with van der Waals surface area (Å²) in [5, 5.41) is 3.18. The third-order valence-corrected chi connectivity index (χ3v) is 6.61. The van der Waals surface area contributed by atoms with Crippen molar-refractivity contribution < 1.29 is 8.42 Å². The van der Waals surface area contributed by atoms with E-state index >= 15 is 0 Å². The lowest BCUT2D eigenvalue weighted by molar-refractivity contribution is 0.583. The van der Waals surface area contributed by atoms with Crippen molar-refractivity contribution in [2.24, 2.45) is 0 Å². The van der Waals surface area contributed by atoms with Crippen molar-refractivity contribution in [1.29, 1.82) is 0 Å². The Hall–Kier alpha value is -0.730. The average Bonchev–Trinajstić information content (AvgIpc) is 2.94. The van der Waals surface area contributed by atoms with Crippen LogP contribution in [0.5, 0.6) is 0 Å². The largest absolute Gasteiger partial charge is 0.312 e. The first-order valence-corrected chi connectivity index (χ1v) is 9.64. The summed E-state index contributed by atoms with van der Waals surface area (Å²) in [6, 6.07) is 11.1. The first-order valence-electron chi connectivity index (χ1n) is 6.55. The minimum atomic E-state index is -3.46. The molecule has 4 nitrogen and oxygen atoms in total. The number of hydrogen-bond acceptors (Lipinski definition) is 4. The summed E-state index contributed by atoms with van der Waals surface area (Å²) in [5.41, 5.74) is 0.908. The minimum Gasteiger partial charge on any atom is -0.312 e. The van der Waals surface area contributed by atoms with E-state index in [0.29, 0.717) is 10.8 Å². The summed E-state index contributed by atoms with van der Waals surface area (Å²) in [7, 11) is -3.46. The van der Waals surface area contributed by atoms with Crippen LogP contribution in [0.15, 0.2) is 45.1 Å². The number of benzene rings is 1. The quantitative estimate of drug-likeness (QED) is 0.765. The van der Waals surface area contributed by atoms with E-state index in [1.165, 1.54) is 11.3 Å². The summed E-state index contributed by atoms with van der Waals surface area (Å²) < 4.78 is 28.4. The van der Waals surface area contributed by atoms with Gasteiger partial charge in [0.05, 0.1) is 0 Å². The van der Waals surface area contributed by atoms with Crippen LogP contribution in [0.1, 0.15) is 17.4 Å².